The van der Waals surface area contributed by atoms with E-state index in [1.807, 2.05) is 0 Å². The zero-order chi connectivity index (χ0) is 17.5. The lowest BCUT2D eigenvalue weighted by Crippen LogP contribution is -2.33. The van der Waals surface area contributed by atoms with E-state index in [1.54, 1.807) is 0 Å². The molecule has 12 heteroatoms. The van der Waals surface area contributed by atoms with Crippen molar-refractivity contribution in [1.82, 2.24) is 19.5 Å². The van der Waals surface area contributed by atoms with Crippen LogP contribution in [0.1, 0.15) is 12.6 Å². The molecule has 1 aliphatic rings. The van der Waals surface area contributed by atoms with Crippen LogP contribution in [-0.2, 0) is 14.0 Å². The van der Waals surface area contributed by atoms with Crippen molar-refractivity contribution in [1.29, 1.82) is 0 Å². The molecule has 0 radical (unpaired) electrons. The number of fused-ring (bicyclic) bond motifs is 1. The highest BCUT2D eigenvalue weighted by Crippen LogP contribution is 2.40. The fourth-order valence-electron chi connectivity index (χ4n) is 2.82. The van der Waals surface area contributed by atoms with Gasteiger partial charge >= 0.3 is 7.60 Å². The third-order valence-electron chi connectivity index (χ3n) is 3.95. The molecule has 0 amide bonds. The molecule has 0 aliphatic carbocycles. The van der Waals surface area contributed by atoms with Gasteiger partial charge in [-0.25, -0.2) is 15.0 Å². The lowest BCUT2D eigenvalue weighted by atomic mass is 10.1. The summed E-state index contributed by atoms with van der Waals surface area (Å²) < 4.78 is 23.6. The number of imidazole rings is 1. The number of hydrogen-bond acceptors (Lipinski definition) is 8. The zero-order valence-electron chi connectivity index (χ0n) is 12.8. The second-order valence-corrected chi connectivity index (χ2v) is 7.29. The van der Waals surface area contributed by atoms with Crippen molar-refractivity contribution in [2.75, 3.05) is 19.0 Å². The maximum atomic E-state index is 11.1. The first-order chi connectivity index (χ1) is 11.3. The van der Waals surface area contributed by atoms with Crippen molar-refractivity contribution in [3.63, 3.8) is 0 Å². The van der Waals surface area contributed by atoms with Gasteiger partial charge in [0, 0.05) is 7.11 Å². The summed E-state index contributed by atoms with van der Waals surface area (Å²) in [6.45, 7) is 0. The fourth-order valence-corrected chi connectivity index (χ4v) is 3.42. The van der Waals surface area contributed by atoms with E-state index >= 15 is 0 Å². The predicted octanol–water partition coefficient (Wildman–Crippen LogP) is -0.750. The number of nitrogens with two attached hydrogens (primary N) is 1. The molecule has 0 spiro atoms. The summed E-state index contributed by atoms with van der Waals surface area (Å²) in [4.78, 5) is 30.1. The normalized spacial score (nSPS) is 27.8. The Morgan fingerprint density at radius 1 is 1.42 bits per heavy atom. The number of hydrogen-bond donors (Lipinski definition) is 4. The SMILES string of the molecule is CO[C@H]1[C@@H](O)[C@H](n2cnc3c(N)ncnc32)O[C@@H]1CCP(=O)(O)O. The molecule has 1 saturated heterocycles. The lowest BCUT2D eigenvalue weighted by molar-refractivity contribution is -0.0356. The van der Waals surface area contributed by atoms with E-state index < -0.39 is 32.1 Å². The molecule has 11 nitrogen and oxygen atoms in total. The summed E-state index contributed by atoms with van der Waals surface area (Å²) in [5.41, 5.74) is 6.50. The van der Waals surface area contributed by atoms with Crippen LogP contribution in [-0.4, -0.2) is 66.0 Å². The number of anilines is 1. The number of methoxy groups -OCH3 is 1. The Hall–Kier alpha value is -1.62. The Bertz CT molecular complexity index is 778. The number of ether oxygens (including phenoxy) is 2. The van der Waals surface area contributed by atoms with Crippen LogP contribution in [0.2, 0.25) is 0 Å². The smallest absolute Gasteiger partial charge is 0.325 e. The van der Waals surface area contributed by atoms with Gasteiger partial charge in [0.15, 0.2) is 17.7 Å². The maximum Gasteiger partial charge on any atom is 0.325 e. The summed E-state index contributed by atoms with van der Waals surface area (Å²) in [7, 11) is -2.77. The van der Waals surface area contributed by atoms with Crippen LogP contribution >= 0.6 is 7.60 Å². The minimum atomic E-state index is -4.17. The molecule has 0 saturated carbocycles. The second-order valence-electron chi connectivity index (χ2n) is 5.52. The van der Waals surface area contributed by atoms with Crippen molar-refractivity contribution >= 4 is 24.6 Å². The number of aliphatic hydroxyl groups is 1. The molecular formula is C12H18N5O6P. The van der Waals surface area contributed by atoms with Crippen LogP contribution in [0, 0.1) is 0 Å². The first-order valence-corrected chi connectivity index (χ1v) is 8.95. The number of nitrogens with zero attached hydrogens (tertiary/aromatic N) is 4. The van der Waals surface area contributed by atoms with Gasteiger partial charge in [0.25, 0.3) is 0 Å². The first-order valence-electron chi connectivity index (χ1n) is 7.15. The molecule has 3 heterocycles. The van der Waals surface area contributed by atoms with E-state index in [0.717, 1.165) is 0 Å². The number of aromatic nitrogens is 4. The van der Waals surface area contributed by atoms with Crippen LogP contribution in [0.4, 0.5) is 5.82 Å². The van der Waals surface area contributed by atoms with Gasteiger partial charge in [-0.3, -0.25) is 9.13 Å². The van der Waals surface area contributed by atoms with Gasteiger partial charge in [0.2, 0.25) is 0 Å². The molecule has 4 atom stereocenters. The van der Waals surface area contributed by atoms with Crippen molar-refractivity contribution in [3.8, 4) is 0 Å². The highest BCUT2D eigenvalue weighted by molar-refractivity contribution is 7.51. The van der Waals surface area contributed by atoms with E-state index in [-0.39, 0.29) is 18.4 Å². The van der Waals surface area contributed by atoms with Crippen LogP contribution < -0.4 is 5.73 Å². The third kappa shape index (κ3) is 3.14. The minimum Gasteiger partial charge on any atom is -0.386 e. The fraction of sp³-hybridized carbons (Fsp3) is 0.583. The Morgan fingerprint density at radius 3 is 2.83 bits per heavy atom. The largest absolute Gasteiger partial charge is 0.386 e. The monoisotopic (exact) mass is 359 g/mol. The maximum absolute atomic E-state index is 11.1. The van der Waals surface area contributed by atoms with Gasteiger partial charge in [-0.05, 0) is 6.42 Å². The molecule has 0 bridgehead atoms. The third-order valence-corrected chi connectivity index (χ3v) is 4.79. The van der Waals surface area contributed by atoms with Crippen LogP contribution in [0.5, 0.6) is 0 Å². The number of rotatable bonds is 5. The van der Waals surface area contributed by atoms with Gasteiger partial charge in [0.1, 0.15) is 24.1 Å². The van der Waals surface area contributed by atoms with Crippen LogP contribution in [0.15, 0.2) is 12.7 Å². The molecule has 0 unspecified atom stereocenters. The summed E-state index contributed by atoms with van der Waals surface area (Å²) in [5, 5.41) is 10.5. The molecule has 24 heavy (non-hydrogen) atoms. The lowest BCUT2D eigenvalue weighted by Gasteiger charge is -2.18. The predicted molar refractivity (Wildman–Crippen MR) is 82.0 cm³/mol. The Morgan fingerprint density at radius 2 is 2.17 bits per heavy atom. The highest BCUT2D eigenvalue weighted by atomic mass is 31.2. The van der Waals surface area contributed by atoms with E-state index in [0.29, 0.717) is 11.2 Å². The van der Waals surface area contributed by atoms with Crippen molar-refractivity contribution < 1.29 is 28.9 Å². The Kier molecular flexibility index (Phi) is 4.56. The second kappa shape index (κ2) is 6.36. The molecule has 1 aliphatic heterocycles. The average Bonchev–Trinajstić information content (AvgIpc) is 3.06. The summed E-state index contributed by atoms with van der Waals surface area (Å²) in [6.07, 6.45) is -0.978. The summed E-state index contributed by atoms with van der Waals surface area (Å²) >= 11 is 0. The summed E-state index contributed by atoms with van der Waals surface area (Å²) in [5.74, 6) is 0.201. The van der Waals surface area contributed by atoms with E-state index in [4.69, 9.17) is 25.0 Å². The topological polar surface area (TPSA) is 166 Å². The molecule has 3 rings (SSSR count). The van der Waals surface area contributed by atoms with Crippen molar-refractivity contribution in [2.45, 2.75) is 31.0 Å². The van der Waals surface area contributed by atoms with Crippen molar-refractivity contribution in [3.05, 3.63) is 12.7 Å². The zero-order valence-corrected chi connectivity index (χ0v) is 13.7. The molecule has 0 aromatic carbocycles. The Balaban J connectivity index is 1.88. The minimum absolute atomic E-state index is 0.0418. The molecule has 132 valence electrons. The van der Waals surface area contributed by atoms with Gasteiger partial charge in [-0.15, -0.1) is 0 Å². The molecular weight excluding hydrogens is 341 g/mol. The highest BCUT2D eigenvalue weighted by Gasteiger charge is 2.45. The quantitative estimate of drug-likeness (QED) is 0.499. The van der Waals surface area contributed by atoms with E-state index in [2.05, 4.69) is 15.0 Å². The van der Waals surface area contributed by atoms with Gasteiger partial charge in [0.05, 0.1) is 18.6 Å². The number of nitrogen functional groups attached to an aromatic ring is 1. The van der Waals surface area contributed by atoms with Crippen LogP contribution in [0.3, 0.4) is 0 Å². The molecule has 2 aromatic heterocycles. The van der Waals surface area contributed by atoms with E-state index in [9.17, 15) is 9.67 Å². The van der Waals surface area contributed by atoms with Crippen molar-refractivity contribution in [2.24, 2.45) is 0 Å². The Labute approximate surface area is 136 Å². The van der Waals surface area contributed by atoms with Gasteiger partial charge in [-0.1, -0.05) is 0 Å². The molecule has 1 fully saturated rings. The van der Waals surface area contributed by atoms with Crippen LogP contribution in [0.25, 0.3) is 11.2 Å². The van der Waals surface area contributed by atoms with Gasteiger partial charge in [-0.2, -0.15) is 0 Å². The molecule has 2 aromatic rings. The number of aliphatic hydroxyl groups excluding tert-OH is 1. The average molecular weight is 359 g/mol. The first kappa shape index (κ1) is 17.2. The van der Waals surface area contributed by atoms with E-state index in [1.165, 1.54) is 24.3 Å². The standard InChI is InChI=1S/C12H18N5O6P/c1-22-9-6(2-3-24(19,20)21)23-12(8(9)18)17-5-16-7-10(13)14-4-15-11(7)17/h4-6,8-9,12,18H,2-3H2,1H3,(H2,13,14,15)(H2,19,20,21)/t6-,8-,9-,12-/m1/s1. The van der Waals surface area contributed by atoms with Gasteiger partial charge < -0.3 is 30.1 Å². The summed E-state index contributed by atoms with van der Waals surface area (Å²) in [6, 6.07) is 0. The molecule has 5 N–H and O–H groups in total.